The number of benzene rings is 3. The fourth-order valence-electron chi connectivity index (χ4n) is 2.88. The molecule has 3 aromatic rings. The summed E-state index contributed by atoms with van der Waals surface area (Å²) in [7, 11) is 0. The first kappa shape index (κ1) is 24.2. The van der Waals surface area contributed by atoms with E-state index in [9.17, 15) is 4.79 Å². The highest BCUT2D eigenvalue weighted by molar-refractivity contribution is 14.1. The van der Waals surface area contributed by atoms with Gasteiger partial charge in [0.2, 0.25) is 5.90 Å². The number of ether oxygens (including phenoxy) is 2. The van der Waals surface area contributed by atoms with E-state index in [1.807, 2.05) is 48.5 Å². The lowest BCUT2D eigenvalue weighted by molar-refractivity contribution is -0.129. The van der Waals surface area contributed by atoms with Crippen molar-refractivity contribution in [1.82, 2.24) is 0 Å². The minimum absolute atomic E-state index is 0.195. The van der Waals surface area contributed by atoms with Crippen LogP contribution in [0.25, 0.3) is 6.08 Å². The van der Waals surface area contributed by atoms with E-state index in [1.54, 1.807) is 12.1 Å². The van der Waals surface area contributed by atoms with Crippen LogP contribution in [0.15, 0.2) is 74.2 Å². The third-order valence-corrected chi connectivity index (χ3v) is 7.30. The van der Waals surface area contributed by atoms with Crippen LogP contribution in [0, 0.1) is 7.14 Å². The summed E-state index contributed by atoms with van der Waals surface area (Å²) in [4.78, 5) is 16.7. The molecule has 0 saturated carbocycles. The number of carbonyl (C=O) groups is 1. The lowest BCUT2D eigenvalue weighted by atomic mass is 10.2. The van der Waals surface area contributed by atoms with Gasteiger partial charge in [0.25, 0.3) is 0 Å². The summed E-state index contributed by atoms with van der Waals surface area (Å²) in [6, 6.07) is 17.3. The number of aliphatic imine (C=N–C) groups is 1. The Labute approximate surface area is 234 Å². The number of carbonyl (C=O) groups excluding carboxylic acids is 1. The number of halogens is 5. The molecule has 0 saturated heterocycles. The zero-order valence-corrected chi connectivity index (χ0v) is 24.3. The number of nitrogens with zero attached hydrogens (tertiary/aromatic N) is 1. The second-order valence-electron chi connectivity index (χ2n) is 6.69. The van der Waals surface area contributed by atoms with Crippen LogP contribution in [0.5, 0.6) is 5.75 Å². The van der Waals surface area contributed by atoms with E-state index < -0.39 is 5.97 Å². The minimum Gasteiger partial charge on any atom is -0.487 e. The second-order valence-corrected chi connectivity index (χ2v) is 11.3. The zero-order chi connectivity index (χ0) is 22.8. The Hall–Kier alpha value is -0.950. The van der Waals surface area contributed by atoms with Gasteiger partial charge in [-0.25, -0.2) is 9.79 Å². The molecule has 3 aromatic carbocycles. The zero-order valence-electron chi connectivity index (χ0n) is 16.0. The highest BCUT2D eigenvalue weighted by Crippen LogP contribution is 2.36. The molecule has 0 radical (unpaired) electrons. The summed E-state index contributed by atoms with van der Waals surface area (Å²) >= 11 is 17.8. The number of hydrogen-bond donors (Lipinski definition) is 0. The molecule has 0 aliphatic carbocycles. The molecule has 0 unspecified atom stereocenters. The summed E-state index contributed by atoms with van der Waals surface area (Å²) in [6.45, 7) is 0.436. The molecule has 4 rings (SSSR count). The van der Waals surface area contributed by atoms with Crippen LogP contribution in [0.1, 0.15) is 16.7 Å². The Morgan fingerprint density at radius 1 is 1.00 bits per heavy atom. The number of cyclic esters (lactones) is 1. The van der Waals surface area contributed by atoms with Crippen molar-refractivity contribution in [2.45, 2.75) is 6.61 Å². The van der Waals surface area contributed by atoms with Crippen LogP contribution in [0.4, 0.5) is 0 Å². The van der Waals surface area contributed by atoms with Crippen molar-refractivity contribution in [3.63, 3.8) is 0 Å². The molecule has 4 nitrogen and oxygen atoms in total. The Morgan fingerprint density at radius 2 is 1.66 bits per heavy atom. The molecule has 0 atom stereocenters. The summed E-state index contributed by atoms with van der Waals surface area (Å²) in [5, 5.41) is 0.471. The van der Waals surface area contributed by atoms with E-state index in [1.165, 1.54) is 3.57 Å². The number of esters is 1. The maximum absolute atomic E-state index is 12.4. The molecule has 1 aliphatic rings. The Kier molecular flexibility index (Phi) is 7.97. The highest BCUT2D eigenvalue weighted by atomic mass is 127. The van der Waals surface area contributed by atoms with Crippen molar-refractivity contribution < 1.29 is 14.3 Å². The standard InChI is InChI=1S/C23H12Br2ClI2NO3/c24-17-7-13(8-18(25)21(17)31-11-12-1-3-14(27)4-2-12)9-20-23(30)32-22(29-20)16-10-15(28)5-6-19(16)26/h1-10H,11H2/b20-9-. The smallest absolute Gasteiger partial charge is 0.363 e. The van der Waals surface area contributed by atoms with Crippen molar-refractivity contribution in [3.05, 3.63) is 98.1 Å². The van der Waals surface area contributed by atoms with E-state index in [2.05, 4.69) is 82.0 Å². The Bertz CT molecular complexity index is 1250. The maximum Gasteiger partial charge on any atom is 0.363 e. The van der Waals surface area contributed by atoms with Gasteiger partial charge in [-0.1, -0.05) is 23.7 Å². The molecule has 0 spiro atoms. The molecule has 0 aromatic heterocycles. The molecule has 0 N–H and O–H groups in total. The van der Waals surface area contributed by atoms with Crippen molar-refractivity contribution in [2.75, 3.05) is 0 Å². The second kappa shape index (κ2) is 10.5. The van der Waals surface area contributed by atoms with Gasteiger partial charge in [-0.2, -0.15) is 0 Å². The molecule has 162 valence electrons. The van der Waals surface area contributed by atoms with Crippen molar-refractivity contribution >= 4 is 107 Å². The van der Waals surface area contributed by atoms with Crippen LogP contribution in [-0.2, 0) is 16.1 Å². The monoisotopic (exact) mass is 797 g/mol. The van der Waals surface area contributed by atoms with Gasteiger partial charge in [-0.3, -0.25) is 0 Å². The van der Waals surface area contributed by atoms with E-state index in [0.717, 1.165) is 23.6 Å². The first-order valence-electron chi connectivity index (χ1n) is 9.14. The molecule has 0 fully saturated rings. The van der Waals surface area contributed by atoms with Crippen LogP contribution < -0.4 is 4.74 Å². The molecular formula is C23H12Br2ClI2NO3. The lowest BCUT2D eigenvalue weighted by Crippen LogP contribution is -2.06. The van der Waals surface area contributed by atoms with E-state index in [0.29, 0.717) is 22.9 Å². The number of hydrogen-bond acceptors (Lipinski definition) is 4. The largest absolute Gasteiger partial charge is 0.487 e. The van der Waals surface area contributed by atoms with Gasteiger partial charge >= 0.3 is 5.97 Å². The predicted octanol–water partition coefficient (Wildman–Crippen LogP) is 8.00. The minimum atomic E-state index is -0.527. The topological polar surface area (TPSA) is 47.9 Å². The third-order valence-electron chi connectivity index (χ3n) is 4.40. The molecular weight excluding hydrogens is 787 g/mol. The normalized spacial score (nSPS) is 14.5. The van der Waals surface area contributed by atoms with Gasteiger partial charge in [0.15, 0.2) is 5.70 Å². The van der Waals surface area contributed by atoms with E-state index in [-0.39, 0.29) is 11.6 Å². The Balaban J connectivity index is 1.57. The first-order valence-corrected chi connectivity index (χ1v) is 13.3. The van der Waals surface area contributed by atoms with Gasteiger partial charge in [0.1, 0.15) is 12.4 Å². The summed E-state index contributed by atoms with van der Waals surface area (Å²) in [6.07, 6.45) is 1.66. The van der Waals surface area contributed by atoms with Crippen LogP contribution in [-0.4, -0.2) is 11.9 Å². The summed E-state index contributed by atoms with van der Waals surface area (Å²) in [5.41, 5.74) is 2.61. The molecule has 9 heteroatoms. The van der Waals surface area contributed by atoms with E-state index in [4.69, 9.17) is 21.1 Å². The fourth-order valence-corrected chi connectivity index (χ4v) is 5.38. The van der Waals surface area contributed by atoms with Gasteiger partial charge < -0.3 is 9.47 Å². The van der Waals surface area contributed by atoms with Crippen molar-refractivity contribution in [1.29, 1.82) is 0 Å². The SMILES string of the molecule is O=C1OC(c2cc(I)ccc2Cl)=N/C1=C\c1cc(Br)c(OCc2ccc(I)cc2)c(Br)c1. The van der Waals surface area contributed by atoms with Gasteiger partial charge in [-0.05, 0) is 137 Å². The average Bonchev–Trinajstić information content (AvgIpc) is 3.10. The third kappa shape index (κ3) is 5.75. The number of rotatable bonds is 5. The molecule has 1 aliphatic heterocycles. The quantitative estimate of drug-likeness (QED) is 0.150. The van der Waals surface area contributed by atoms with Crippen LogP contribution in [0.3, 0.4) is 0 Å². The predicted molar refractivity (Wildman–Crippen MR) is 150 cm³/mol. The van der Waals surface area contributed by atoms with Crippen LogP contribution in [0.2, 0.25) is 5.02 Å². The molecule has 0 bridgehead atoms. The van der Waals surface area contributed by atoms with Crippen molar-refractivity contribution in [3.8, 4) is 5.75 Å². The molecule has 1 heterocycles. The summed E-state index contributed by atoms with van der Waals surface area (Å²) in [5.74, 6) is 0.344. The first-order chi connectivity index (χ1) is 15.3. The molecule has 32 heavy (non-hydrogen) atoms. The van der Waals surface area contributed by atoms with Gasteiger partial charge in [0.05, 0.1) is 19.5 Å². The van der Waals surface area contributed by atoms with Gasteiger partial charge in [-0.15, -0.1) is 0 Å². The maximum atomic E-state index is 12.4. The van der Waals surface area contributed by atoms with Crippen molar-refractivity contribution in [2.24, 2.45) is 4.99 Å². The van der Waals surface area contributed by atoms with Gasteiger partial charge in [0, 0.05) is 7.14 Å². The average molecular weight is 799 g/mol. The lowest BCUT2D eigenvalue weighted by Gasteiger charge is -2.11. The van der Waals surface area contributed by atoms with E-state index >= 15 is 0 Å². The fraction of sp³-hybridized carbons (Fsp3) is 0.0435. The Morgan fingerprint density at radius 3 is 2.34 bits per heavy atom. The summed E-state index contributed by atoms with van der Waals surface area (Å²) < 4.78 is 15.0. The highest BCUT2D eigenvalue weighted by Gasteiger charge is 2.26. The molecule has 0 amide bonds. The van der Waals surface area contributed by atoms with Crippen LogP contribution >= 0.6 is 88.6 Å².